The van der Waals surface area contributed by atoms with Crippen LogP contribution in [-0.4, -0.2) is 33.7 Å². The van der Waals surface area contributed by atoms with E-state index in [2.05, 4.69) is 26.3 Å². The van der Waals surface area contributed by atoms with Gasteiger partial charge in [-0.2, -0.15) is 18.3 Å². The van der Waals surface area contributed by atoms with Gasteiger partial charge in [0.15, 0.2) is 0 Å². The Balaban J connectivity index is 2.97. The molecule has 114 valence electrons. The number of aliphatic hydroxyl groups is 1. The van der Waals surface area contributed by atoms with Crippen molar-refractivity contribution in [3.63, 3.8) is 0 Å². The van der Waals surface area contributed by atoms with Gasteiger partial charge in [-0.15, -0.1) is 0 Å². The van der Waals surface area contributed by atoms with Gasteiger partial charge in [-0.05, 0) is 28.8 Å². The van der Waals surface area contributed by atoms with Gasteiger partial charge in [0.1, 0.15) is 11.0 Å². The quantitative estimate of drug-likeness (QED) is 0.818. The first kappa shape index (κ1) is 17.0. The van der Waals surface area contributed by atoms with Crippen LogP contribution < -0.4 is 10.9 Å². The van der Waals surface area contributed by atoms with Gasteiger partial charge in [-0.25, -0.2) is 4.68 Å². The zero-order valence-corrected chi connectivity index (χ0v) is 12.3. The average molecular weight is 358 g/mol. The monoisotopic (exact) mass is 357 g/mol. The largest absolute Gasteiger partial charge is 0.408 e. The summed E-state index contributed by atoms with van der Waals surface area (Å²) >= 11 is 2.98. The predicted molar refractivity (Wildman–Crippen MR) is 71.7 cm³/mol. The highest BCUT2D eigenvalue weighted by Crippen LogP contribution is 2.21. The molecule has 0 aliphatic heterocycles. The summed E-state index contributed by atoms with van der Waals surface area (Å²) in [6.45, 7) is 0.430. The summed E-state index contributed by atoms with van der Waals surface area (Å²) in [7, 11) is 0. The minimum Gasteiger partial charge on any atom is -0.396 e. The zero-order valence-electron chi connectivity index (χ0n) is 10.7. The molecule has 0 fully saturated rings. The van der Waals surface area contributed by atoms with Crippen molar-refractivity contribution in [3.8, 4) is 0 Å². The lowest BCUT2D eigenvalue weighted by atomic mass is 10.1. The molecule has 1 unspecified atom stereocenters. The molecule has 0 radical (unpaired) electrons. The van der Waals surface area contributed by atoms with Crippen LogP contribution in [0, 0.1) is 0 Å². The van der Waals surface area contributed by atoms with Crippen molar-refractivity contribution in [1.82, 2.24) is 9.78 Å². The number of hydrogen-bond donors (Lipinski definition) is 2. The van der Waals surface area contributed by atoms with E-state index in [1.54, 1.807) is 0 Å². The molecule has 0 saturated heterocycles. The molecule has 0 aliphatic rings. The molecule has 1 heterocycles. The van der Waals surface area contributed by atoms with Gasteiger partial charge in [0.25, 0.3) is 5.56 Å². The molecule has 0 spiro atoms. The molecule has 0 aromatic carbocycles. The number of nitrogens with zero attached hydrogens (tertiary/aromatic N) is 2. The standard InChI is InChI=1S/C11H15BrF3N3O2/c1-2-7(3-4-19)17-8-5-16-18(6-11(13,14)15)10(20)9(8)12/h5,7,17,19H,2-4,6H2,1H3. The summed E-state index contributed by atoms with van der Waals surface area (Å²) < 4.78 is 37.1. The maximum absolute atomic E-state index is 12.3. The van der Waals surface area contributed by atoms with Crippen molar-refractivity contribution < 1.29 is 18.3 Å². The van der Waals surface area contributed by atoms with E-state index in [0.29, 0.717) is 23.2 Å². The van der Waals surface area contributed by atoms with E-state index in [-0.39, 0.29) is 17.1 Å². The third-order valence-corrected chi connectivity index (χ3v) is 3.41. The minimum atomic E-state index is -4.51. The summed E-state index contributed by atoms with van der Waals surface area (Å²) in [5.74, 6) is 0. The summed E-state index contributed by atoms with van der Waals surface area (Å²) in [6.07, 6.45) is -2.18. The number of anilines is 1. The van der Waals surface area contributed by atoms with E-state index in [0.717, 1.165) is 6.20 Å². The number of aromatic nitrogens is 2. The van der Waals surface area contributed by atoms with Gasteiger partial charge in [0.2, 0.25) is 0 Å². The Labute approximate surface area is 121 Å². The maximum Gasteiger partial charge on any atom is 0.408 e. The molecular weight excluding hydrogens is 343 g/mol. The maximum atomic E-state index is 12.3. The highest BCUT2D eigenvalue weighted by atomic mass is 79.9. The molecule has 0 bridgehead atoms. The smallest absolute Gasteiger partial charge is 0.396 e. The number of nitrogens with one attached hydrogen (secondary N) is 1. The van der Waals surface area contributed by atoms with E-state index >= 15 is 0 Å². The molecule has 1 atom stereocenters. The predicted octanol–water partition coefficient (Wildman–Crippen LogP) is 2.14. The fraction of sp³-hybridized carbons (Fsp3) is 0.636. The number of rotatable bonds is 6. The molecule has 0 saturated carbocycles. The van der Waals surface area contributed by atoms with Crippen molar-refractivity contribution in [2.24, 2.45) is 0 Å². The van der Waals surface area contributed by atoms with E-state index in [9.17, 15) is 18.0 Å². The fourth-order valence-corrected chi connectivity index (χ4v) is 2.02. The molecule has 5 nitrogen and oxygen atoms in total. The van der Waals surface area contributed by atoms with Crippen LogP contribution in [0.1, 0.15) is 19.8 Å². The van der Waals surface area contributed by atoms with Crippen LogP contribution >= 0.6 is 15.9 Å². The Morgan fingerprint density at radius 3 is 2.70 bits per heavy atom. The summed E-state index contributed by atoms with van der Waals surface area (Å²) in [6, 6.07) is -0.0871. The summed E-state index contributed by atoms with van der Waals surface area (Å²) in [5.41, 5.74) is -0.542. The lowest BCUT2D eigenvalue weighted by Gasteiger charge is -2.18. The molecule has 0 amide bonds. The van der Waals surface area contributed by atoms with Gasteiger partial charge in [0, 0.05) is 12.6 Å². The van der Waals surface area contributed by atoms with Crippen molar-refractivity contribution >= 4 is 21.6 Å². The molecule has 1 rings (SSSR count). The lowest BCUT2D eigenvalue weighted by molar-refractivity contribution is -0.143. The Kier molecular flexibility index (Phi) is 6.00. The van der Waals surface area contributed by atoms with Crippen molar-refractivity contribution in [3.05, 3.63) is 21.0 Å². The third-order valence-electron chi connectivity index (χ3n) is 2.64. The van der Waals surface area contributed by atoms with Gasteiger partial charge in [-0.3, -0.25) is 4.79 Å². The first-order valence-corrected chi connectivity index (χ1v) is 6.77. The lowest BCUT2D eigenvalue weighted by Crippen LogP contribution is -2.32. The molecule has 9 heteroatoms. The second-order valence-electron chi connectivity index (χ2n) is 4.21. The molecule has 0 aliphatic carbocycles. The van der Waals surface area contributed by atoms with E-state index < -0.39 is 18.3 Å². The van der Waals surface area contributed by atoms with Crippen molar-refractivity contribution in [2.75, 3.05) is 11.9 Å². The van der Waals surface area contributed by atoms with Crippen LogP contribution in [0.15, 0.2) is 15.5 Å². The van der Waals surface area contributed by atoms with Crippen LogP contribution in [-0.2, 0) is 6.54 Å². The first-order chi connectivity index (χ1) is 9.28. The zero-order chi connectivity index (χ0) is 15.3. The highest BCUT2D eigenvalue weighted by molar-refractivity contribution is 9.10. The van der Waals surface area contributed by atoms with Gasteiger partial charge >= 0.3 is 6.18 Å². The van der Waals surface area contributed by atoms with Crippen LogP contribution in [0.25, 0.3) is 0 Å². The van der Waals surface area contributed by atoms with Crippen LogP contribution in [0.4, 0.5) is 18.9 Å². The Morgan fingerprint density at radius 1 is 1.55 bits per heavy atom. The van der Waals surface area contributed by atoms with Crippen LogP contribution in [0.3, 0.4) is 0 Å². The minimum absolute atomic E-state index is 0.00635. The molecule has 1 aromatic rings. The second-order valence-corrected chi connectivity index (χ2v) is 5.00. The topological polar surface area (TPSA) is 67.2 Å². The van der Waals surface area contributed by atoms with Gasteiger partial charge < -0.3 is 10.4 Å². The van der Waals surface area contributed by atoms with E-state index in [1.807, 2.05) is 6.92 Å². The Hall–Kier alpha value is -1.09. The first-order valence-electron chi connectivity index (χ1n) is 5.98. The SMILES string of the molecule is CCC(CCO)Nc1cnn(CC(F)(F)F)c(=O)c1Br. The van der Waals surface area contributed by atoms with Crippen LogP contribution in [0.2, 0.25) is 0 Å². The molecule has 20 heavy (non-hydrogen) atoms. The van der Waals surface area contributed by atoms with Crippen molar-refractivity contribution in [1.29, 1.82) is 0 Å². The van der Waals surface area contributed by atoms with E-state index in [4.69, 9.17) is 5.11 Å². The number of halogens is 4. The van der Waals surface area contributed by atoms with Crippen LogP contribution in [0.5, 0.6) is 0 Å². The molecule has 1 aromatic heterocycles. The number of aliphatic hydroxyl groups excluding tert-OH is 1. The number of hydrogen-bond acceptors (Lipinski definition) is 4. The van der Waals surface area contributed by atoms with Gasteiger partial charge in [-0.1, -0.05) is 6.92 Å². The normalized spacial score (nSPS) is 13.3. The second kappa shape index (κ2) is 7.07. The van der Waals surface area contributed by atoms with Gasteiger partial charge in [0.05, 0.1) is 11.9 Å². The van der Waals surface area contributed by atoms with E-state index in [1.165, 1.54) is 0 Å². The third kappa shape index (κ3) is 4.78. The summed E-state index contributed by atoms with van der Waals surface area (Å²) in [4.78, 5) is 11.8. The fourth-order valence-electron chi connectivity index (χ4n) is 1.60. The number of alkyl halides is 3. The van der Waals surface area contributed by atoms with Crippen molar-refractivity contribution in [2.45, 2.75) is 38.5 Å². The summed E-state index contributed by atoms with van der Waals surface area (Å²) in [5, 5.41) is 15.3. The molecule has 2 N–H and O–H groups in total. The highest BCUT2D eigenvalue weighted by Gasteiger charge is 2.29. The molecular formula is C11H15BrF3N3O2. The average Bonchev–Trinajstić information content (AvgIpc) is 2.36. The Morgan fingerprint density at radius 2 is 2.20 bits per heavy atom. The Bertz CT molecular complexity index is 505.